The molecule has 0 atom stereocenters. The van der Waals surface area contributed by atoms with Crippen LogP contribution in [0.25, 0.3) is 16.6 Å². The molecule has 0 amide bonds. The van der Waals surface area contributed by atoms with Gasteiger partial charge in [-0.2, -0.15) is 5.10 Å². The molecule has 0 spiro atoms. The molecule has 158 valence electrons. The highest BCUT2D eigenvalue weighted by Gasteiger charge is 2.12. The van der Waals surface area contributed by atoms with Crippen molar-refractivity contribution in [2.24, 2.45) is 0 Å². The van der Waals surface area contributed by atoms with Crippen LogP contribution in [-0.4, -0.2) is 38.9 Å². The van der Waals surface area contributed by atoms with E-state index in [0.29, 0.717) is 11.3 Å². The Hall–Kier alpha value is -3.38. The van der Waals surface area contributed by atoms with Crippen LogP contribution in [0.1, 0.15) is 22.5 Å². The van der Waals surface area contributed by atoms with Crippen molar-refractivity contribution < 1.29 is 8.85 Å². The number of pyridine rings is 1. The highest BCUT2D eigenvalue weighted by Crippen LogP contribution is 2.19. The summed E-state index contributed by atoms with van der Waals surface area (Å²) in [4.78, 5) is 15.2. The van der Waals surface area contributed by atoms with E-state index in [2.05, 4.69) is 10.00 Å². The summed E-state index contributed by atoms with van der Waals surface area (Å²) >= 11 is 0. The van der Waals surface area contributed by atoms with E-state index < -0.39 is 0 Å². The molecule has 1 aliphatic heterocycles. The van der Waals surface area contributed by atoms with Crippen LogP contribution >= 0.6 is 0 Å². The van der Waals surface area contributed by atoms with Crippen molar-refractivity contribution >= 4 is 10.9 Å². The van der Waals surface area contributed by atoms with Gasteiger partial charge < -0.3 is 9.64 Å². The molecule has 2 aromatic heterocycles. The van der Waals surface area contributed by atoms with Gasteiger partial charge in [-0.15, -0.1) is 0 Å². The summed E-state index contributed by atoms with van der Waals surface area (Å²) in [6.45, 7) is 4.30. The fourth-order valence-corrected chi connectivity index (χ4v) is 4.00. The van der Waals surface area contributed by atoms with Crippen molar-refractivity contribution in [2.45, 2.75) is 26.0 Å². The van der Waals surface area contributed by atoms with Gasteiger partial charge in [-0.3, -0.25) is 14.0 Å². The van der Waals surface area contributed by atoms with Crippen LogP contribution in [0.3, 0.4) is 0 Å². The minimum atomic E-state index is -0.220. The predicted octanol–water partition coefficient (Wildman–Crippen LogP) is 3.86. The van der Waals surface area contributed by atoms with Crippen molar-refractivity contribution in [1.82, 2.24) is 19.2 Å². The Kier molecular flexibility index (Phi) is 4.62. The standard InChI is InChI=1S/C25H26N4O2/c30-25-17-23(31-19-20-6-2-1-3-7-20)10-13-28(25)22-8-9-24-21(16-22)18-26-29(24)15-14-27-11-4-5-12-27/h1-3,6-10,13,16-18H,4-5,11-12,14-15,19H2/i1D,2D,3D. The molecule has 0 saturated carbocycles. The first-order chi connectivity index (χ1) is 16.5. The molecular formula is C25H26N4O2. The number of fused-ring (bicyclic) bond motifs is 1. The second-order valence-corrected chi connectivity index (χ2v) is 7.80. The molecule has 31 heavy (non-hydrogen) atoms. The summed E-state index contributed by atoms with van der Waals surface area (Å²) in [5, 5.41) is 5.53. The first kappa shape index (κ1) is 16.3. The Morgan fingerprint density at radius 1 is 1.00 bits per heavy atom. The zero-order valence-electron chi connectivity index (χ0n) is 20.3. The molecule has 4 aromatic rings. The maximum absolute atomic E-state index is 12.8. The van der Waals surface area contributed by atoms with Gasteiger partial charge in [0.15, 0.2) is 0 Å². The summed E-state index contributed by atoms with van der Waals surface area (Å²) in [5.41, 5.74) is 2.20. The molecule has 2 aromatic carbocycles. The van der Waals surface area contributed by atoms with Gasteiger partial charge in [-0.05, 0) is 55.8 Å². The quantitative estimate of drug-likeness (QED) is 0.458. The van der Waals surface area contributed by atoms with Gasteiger partial charge in [0.1, 0.15) is 12.4 Å². The molecule has 5 rings (SSSR count). The maximum atomic E-state index is 12.8. The Morgan fingerprint density at radius 2 is 1.84 bits per heavy atom. The largest absolute Gasteiger partial charge is 0.489 e. The van der Waals surface area contributed by atoms with E-state index in [1.54, 1.807) is 16.8 Å². The third-order valence-electron chi connectivity index (χ3n) is 5.69. The minimum Gasteiger partial charge on any atom is -0.489 e. The van der Waals surface area contributed by atoms with Crippen LogP contribution < -0.4 is 10.3 Å². The van der Waals surface area contributed by atoms with Crippen LogP contribution in [0.5, 0.6) is 5.75 Å². The van der Waals surface area contributed by atoms with Crippen molar-refractivity contribution in [2.75, 3.05) is 19.6 Å². The number of nitrogens with zero attached hydrogens (tertiary/aromatic N) is 4. The van der Waals surface area contributed by atoms with Crippen molar-refractivity contribution in [3.8, 4) is 11.4 Å². The lowest BCUT2D eigenvalue weighted by atomic mass is 10.2. The summed E-state index contributed by atoms with van der Waals surface area (Å²) in [6, 6.07) is 11.9. The third kappa shape index (κ3) is 4.39. The molecule has 6 nitrogen and oxygen atoms in total. The normalized spacial score (nSPS) is 15.7. The molecule has 0 unspecified atom stereocenters. The Labute approximate surface area is 185 Å². The van der Waals surface area contributed by atoms with E-state index in [4.69, 9.17) is 8.85 Å². The number of hydrogen-bond donors (Lipinski definition) is 0. The van der Waals surface area contributed by atoms with Crippen LogP contribution in [0.15, 0.2) is 77.8 Å². The number of likely N-dealkylation sites (tertiary alicyclic amines) is 1. The van der Waals surface area contributed by atoms with E-state index in [1.807, 2.05) is 29.1 Å². The Balaban J connectivity index is 1.30. The monoisotopic (exact) mass is 417 g/mol. The topological polar surface area (TPSA) is 52.3 Å². The van der Waals surface area contributed by atoms with E-state index in [-0.39, 0.29) is 30.3 Å². The second-order valence-electron chi connectivity index (χ2n) is 7.80. The predicted molar refractivity (Wildman–Crippen MR) is 122 cm³/mol. The highest BCUT2D eigenvalue weighted by molar-refractivity contribution is 5.80. The van der Waals surface area contributed by atoms with Crippen LogP contribution in [-0.2, 0) is 13.2 Å². The van der Waals surface area contributed by atoms with Gasteiger partial charge in [-0.1, -0.05) is 30.3 Å². The number of ether oxygens (including phenoxy) is 1. The van der Waals surface area contributed by atoms with E-state index in [1.165, 1.54) is 44.1 Å². The second kappa shape index (κ2) is 8.78. The fourth-order valence-electron chi connectivity index (χ4n) is 4.00. The van der Waals surface area contributed by atoms with Gasteiger partial charge in [0.05, 0.1) is 22.4 Å². The average molecular weight is 418 g/mol. The van der Waals surface area contributed by atoms with E-state index >= 15 is 0 Å². The number of aromatic nitrogens is 3. The molecule has 3 heterocycles. The summed E-state index contributed by atoms with van der Waals surface area (Å²) in [5.74, 6) is 0.407. The smallest absolute Gasteiger partial charge is 0.258 e. The molecule has 1 aliphatic rings. The van der Waals surface area contributed by atoms with Crippen molar-refractivity contribution in [1.29, 1.82) is 0 Å². The van der Waals surface area contributed by atoms with Gasteiger partial charge in [0.25, 0.3) is 5.56 Å². The molecule has 0 aliphatic carbocycles. The Bertz CT molecular complexity index is 1370. The highest BCUT2D eigenvalue weighted by atomic mass is 16.5. The summed E-state index contributed by atoms with van der Waals surface area (Å²) in [7, 11) is 0. The number of rotatable bonds is 7. The zero-order valence-corrected chi connectivity index (χ0v) is 17.3. The van der Waals surface area contributed by atoms with Crippen LogP contribution in [0.4, 0.5) is 0 Å². The molecule has 1 saturated heterocycles. The van der Waals surface area contributed by atoms with Crippen LogP contribution in [0.2, 0.25) is 0 Å². The molecule has 0 bridgehead atoms. The first-order valence-electron chi connectivity index (χ1n) is 12.1. The first-order valence-corrected chi connectivity index (χ1v) is 10.6. The molecular weight excluding hydrogens is 388 g/mol. The molecule has 0 N–H and O–H groups in total. The minimum absolute atomic E-state index is 0.0173. The lowest BCUT2D eigenvalue weighted by Gasteiger charge is -2.14. The maximum Gasteiger partial charge on any atom is 0.258 e. The van der Waals surface area contributed by atoms with Gasteiger partial charge in [0.2, 0.25) is 0 Å². The van der Waals surface area contributed by atoms with Gasteiger partial charge >= 0.3 is 0 Å². The lowest BCUT2D eigenvalue weighted by Crippen LogP contribution is -2.24. The summed E-state index contributed by atoms with van der Waals surface area (Å²) in [6.07, 6.45) is 6.07. The van der Waals surface area contributed by atoms with Gasteiger partial charge in [-0.25, -0.2) is 0 Å². The van der Waals surface area contributed by atoms with Crippen molar-refractivity contribution in [3.05, 3.63) is 88.9 Å². The lowest BCUT2D eigenvalue weighted by molar-refractivity contribution is 0.305. The SMILES string of the molecule is [2H]c1cc(COc2ccn(-c3ccc4c(cnn4CCN4CCCC4)c3)c(=O)c2)cc([2H])c1[2H]. The molecule has 1 fully saturated rings. The molecule has 6 heteroatoms. The Morgan fingerprint density at radius 3 is 2.65 bits per heavy atom. The average Bonchev–Trinajstić information content (AvgIpc) is 3.49. The number of benzene rings is 2. The van der Waals surface area contributed by atoms with E-state index in [0.717, 1.165) is 29.7 Å². The number of hydrogen-bond acceptors (Lipinski definition) is 4. The zero-order chi connectivity index (χ0) is 23.7. The third-order valence-corrected chi connectivity index (χ3v) is 5.69. The fraction of sp³-hybridized carbons (Fsp3) is 0.280. The van der Waals surface area contributed by atoms with Gasteiger partial charge in [0, 0.05) is 29.9 Å². The van der Waals surface area contributed by atoms with Crippen molar-refractivity contribution in [3.63, 3.8) is 0 Å². The summed E-state index contributed by atoms with van der Waals surface area (Å²) < 4.78 is 32.4. The molecule has 0 radical (unpaired) electrons. The van der Waals surface area contributed by atoms with Crippen LogP contribution in [0, 0.1) is 0 Å². The van der Waals surface area contributed by atoms with E-state index in [9.17, 15) is 4.79 Å².